The van der Waals surface area contributed by atoms with Gasteiger partial charge in [-0.2, -0.15) is 0 Å². The van der Waals surface area contributed by atoms with E-state index in [-0.39, 0.29) is 10.1 Å². The molecule has 5 rings (SSSR count). The van der Waals surface area contributed by atoms with E-state index in [0.717, 1.165) is 21.9 Å². The Hall–Kier alpha value is -2.17. The SMILES string of the molecule is Nc1nnc(S[C@H]2c3cccc4cccc(c34)[C@H]2NS(=O)(=O)c2ccc(Cl)cc2)s1. The Morgan fingerprint density at radius 3 is 2.37 bits per heavy atom. The number of rotatable bonds is 5. The second kappa shape index (κ2) is 7.51. The summed E-state index contributed by atoms with van der Waals surface area (Å²) in [5.41, 5.74) is 7.75. The van der Waals surface area contributed by atoms with Gasteiger partial charge in [0.05, 0.1) is 16.2 Å². The highest BCUT2D eigenvalue weighted by atomic mass is 35.5. The minimum Gasteiger partial charge on any atom is -0.374 e. The third-order valence-corrected chi connectivity index (χ3v) is 8.83. The zero-order chi connectivity index (χ0) is 20.9. The van der Waals surface area contributed by atoms with Gasteiger partial charge in [0, 0.05) is 5.02 Å². The van der Waals surface area contributed by atoms with Crippen LogP contribution in [0.15, 0.2) is 69.9 Å². The van der Waals surface area contributed by atoms with E-state index < -0.39 is 16.1 Å². The molecule has 6 nitrogen and oxygen atoms in total. The first-order valence-corrected chi connectivity index (χ1v) is 12.5. The maximum absolute atomic E-state index is 13.2. The Kier molecular flexibility index (Phi) is 4.95. The average Bonchev–Trinajstić information content (AvgIpc) is 3.26. The number of hydrogen-bond donors (Lipinski definition) is 2. The minimum absolute atomic E-state index is 0.166. The number of thioether (sulfide) groups is 1. The fraction of sp³-hybridized carbons (Fsp3) is 0.100. The number of nitrogens with zero attached hydrogens (tertiary/aromatic N) is 2. The maximum Gasteiger partial charge on any atom is 0.241 e. The first-order valence-electron chi connectivity index (χ1n) is 8.97. The fourth-order valence-electron chi connectivity index (χ4n) is 3.72. The summed E-state index contributed by atoms with van der Waals surface area (Å²) >= 11 is 8.67. The smallest absolute Gasteiger partial charge is 0.241 e. The highest BCUT2D eigenvalue weighted by Gasteiger charge is 2.38. The normalized spacial score (nSPS) is 18.2. The van der Waals surface area contributed by atoms with E-state index in [0.29, 0.717) is 14.5 Å². The van der Waals surface area contributed by atoms with E-state index >= 15 is 0 Å². The molecule has 0 unspecified atom stereocenters. The lowest BCUT2D eigenvalue weighted by molar-refractivity contribution is 0.557. The summed E-state index contributed by atoms with van der Waals surface area (Å²) in [6.45, 7) is 0. The monoisotopic (exact) mass is 474 g/mol. The molecule has 3 N–H and O–H groups in total. The highest BCUT2D eigenvalue weighted by molar-refractivity contribution is 8.01. The molecule has 0 spiro atoms. The molecule has 0 saturated heterocycles. The molecule has 0 amide bonds. The fourth-order valence-corrected chi connectivity index (χ4v) is 7.24. The zero-order valence-corrected chi connectivity index (χ0v) is 18.5. The van der Waals surface area contributed by atoms with Gasteiger partial charge in [0.25, 0.3) is 0 Å². The molecule has 0 radical (unpaired) electrons. The van der Waals surface area contributed by atoms with Gasteiger partial charge < -0.3 is 5.73 Å². The van der Waals surface area contributed by atoms with E-state index in [2.05, 4.69) is 14.9 Å². The molecule has 1 heterocycles. The molecule has 30 heavy (non-hydrogen) atoms. The van der Waals surface area contributed by atoms with Crippen LogP contribution < -0.4 is 10.5 Å². The van der Waals surface area contributed by atoms with Crippen molar-refractivity contribution >= 4 is 60.6 Å². The standard InChI is InChI=1S/C20H15ClN4O2S3/c21-12-7-9-13(10-8-12)30(26,27)25-17-14-5-1-3-11-4-2-6-15(16(11)14)18(17)28-20-24-23-19(22)29-20/h1-10,17-18,25H,(H2,22,23)/t17-,18+/m1/s1. The summed E-state index contributed by atoms with van der Waals surface area (Å²) in [7, 11) is -3.77. The number of sulfonamides is 1. The molecule has 1 aliphatic rings. The van der Waals surface area contributed by atoms with Crippen LogP contribution in [0.5, 0.6) is 0 Å². The molecule has 1 aliphatic carbocycles. The number of benzene rings is 3. The Morgan fingerprint density at radius 2 is 1.70 bits per heavy atom. The van der Waals surface area contributed by atoms with E-state index in [9.17, 15) is 8.42 Å². The Labute approximate surface area is 186 Å². The summed E-state index contributed by atoms with van der Waals surface area (Å²) in [5.74, 6) is 0. The summed E-state index contributed by atoms with van der Waals surface area (Å²) in [5, 5.41) is 10.8. The molecule has 0 bridgehead atoms. The number of hydrogen-bond acceptors (Lipinski definition) is 7. The number of halogens is 1. The van der Waals surface area contributed by atoms with Gasteiger partial charge in [-0.3, -0.25) is 0 Å². The van der Waals surface area contributed by atoms with Crippen LogP contribution in [0, 0.1) is 0 Å². The molecule has 1 aromatic heterocycles. The van der Waals surface area contributed by atoms with Crippen LogP contribution in [0.3, 0.4) is 0 Å². The number of anilines is 1. The van der Waals surface area contributed by atoms with E-state index in [1.807, 2.05) is 36.4 Å². The van der Waals surface area contributed by atoms with Crippen molar-refractivity contribution in [3.63, 3.8) is 0 Å². The van der Waals surface area contributed by atoms with Crippen LogP contribution in [0.25, 0.3) is 10.8 Å². The van der Waals surface area contributed by atoms with Gasteiger partial charge in [-0.15, -0.1) is 10.2 Å². The van der Waals surface area contributed by atoms with E-state index in [1.165, 1.54) is 35.2 Å². The Bertz CT molecular complexity index is 1350. The molecule has 152 valence electrons. The predicted molar refractivity (Wildman–Crippen MR) is 121 cm³/mol. The third-order valence-electron chi connectivity index (χ3n) is 4.97. The largest absolute Gasteiger partial charge is 0.374 e. The van der Waals surface area contributed by atoms with Crippen molar-refractivity contribution in [2.75, 3.05) is 5.73 Å². The minimum atomic E-state index is -3.77. The first kappa shape index (κ1) is 19.8. The number of nitrogens with two attached hydrogens (primary N) is 1. The lowest BCUT2D eigenvalue weighted by atomic mass is 10.1. The van der Waals surface area contributed by atoms with Crippen LogP contribution >= 0.6 is 34.7 Å². The molecule has 4 aromatic rings. The van der Waals surface area contributed by atoms with Gasteiger partial charge >= 0.3 is 0 Å². The molecule has 0 fully saturated rings. The van der Waals surface area contributed by atoms with Crippen LogP contribution in [-0.2, 0) is 10.0 Å². The van der Waals surface area contributed by atoms with Gasteiger partial charge in [0.2, 0.25) is 15.2 Å². The molecule has 3 aromatic carbocycles. The van der Waals surface area contributed by atoms with Gasteiger partial charge in [0.1, 0.15) is 0 Å². The quantitative estimate of drug-likeness (QED) is 0.431. The van der Waals surface area contributed by atoms with Crippen molar-refractivity contribution in [2.45, 2.75) is 20.5 Å². The van der Waals surface area contributed by atoms with Gasteiger partial charge in [-0.05, 0) is 46.2 Å². The maximum atomic E-state index is 13.2. The van der Waals surface area contributed by atoms with Gasteiger partial charge in [-0.1, -0.05) is 71.1 Å². The van der Waals surface area contributed by atoms with Crippen LogP contribution in [-0.4, -0.2) is 18.6 Å². The molecular weight excluding hydrogens is 460 g/mol. The predicted octanol–water partition coefficient (Wildman–Crippen LogP) is 4.79. The van der Waals surface area contributed by atoms with E-state index in [4.69, 9.17) is 17.3 Å². The molecule has 2 atom stereocenters. The first-order chi connectivity index (χ1) is 14.4. The summed E-state index contributed by atoms with van der Waals surface area (Å²) in [6.07, 6.45) is 0. The van der Waals surface area contributed by atoms with Crippen molar-refractivity contribution in [1.82, 2.24) is 14.9 Å². The zero-order valence-electron chi connectivity index (χ0n) is 15.3. The van der Waals surface area contributed by atoms with Crippen LogP contribution in [0.1, 0.15) is 22.4 Å². The topological polar surface area (TPSA) is 98.0 Å². The Balaban J connectivity index is 1.59. The Morgan fingerprint density at radius 1 is 1.00 bits per heavy atom. The summed E-state index contributed by atoms with van der Waals surface area (Å²) in [6, 6.07) is 17.7. The number of aromatic nitrogens is 2. The average molecular weight is 475 g/mol. The third kappa shape index (κ3) is 3.46. The number of nitrogen functional groups attached to an aromatic ring is 1. The molecular formula is C20H15ClN4O2S3. The molecule has 0 saturated carbocycles. The van der Waals surface area contributed by atoms with Gasteiger partial charge in [0.15, 0.2) is 4.34 Å². The van der Waals surface area contributed by atoms with Gasteiger partial charge in [-0.25, -0.2) is 13.1 Å². The highest BCUT2D eigenvalue weighted by Crippen LogP contribution is 2.53. The van der Waals surface area contributed by atoms with Crippen molar-refractivity contribution < 1.29 is 8.42 Å². The van der Waals surface area contributed by atoms with Crippen LogP contribution in [0.4, 0.5) is 5.13 Å². The van der Waals surface area contributed by atoms with Crippen molar-refractivity contribution in [2.24, 2.45) is 0 Å². The van der Waals surface area contributed by atoms with Crippen molar-refractivity contribution in [1.29, 1.82) is 0 Å². The van der Waals surface area contributed by atoms with E-state index in [1.54, 1.807) is 12.1 Å². The van der Waals surface area contributed by atoms with Crippen LogP contribution in [0.2, 0.25) is 5.02 Å². The summed E-state index contributed by atoms with van der Waals surface area (Å²) in [4.78, 5) is 0.166. The molecule has 10 heteroatoms. The molecule has 0 aliphatic heterocycles. The summed E-state index contributed by atoms with van der Waals surface area (Å²) < 4.78 is 29.9. The lowest BCUT2D eigenvalue weighted by Gasteiger charge is -2.22. The lowest BCUT2D eigenvalue weighted by Crippen LogP contribution is -2.29. The second-order valence-electron chi connectivity index (χ2n) is 6.79. The van der Waals surface area contributed by atoms with Crippen molar-refractivity contribution in [3.8, 4) is 0 Å². The van der Waals surface area contributed by atoms with Crippen molar-refractivity contribution in [3.05, 3.63) is 76.8 Å². The number of nitrogens with one attached hydrogen (secondary N) is 1. The second-order valence-corrected chi connectivity index (χ2v) is 11.3.